The van der Waals surface area contributed by atoms with E-state index in [0.717, 1.165) is 36.8 Å². The number of phenols is 1. The smallest absolute Gasteiger partial charge is 0.124 e. The van der Waals surface area contributed by atoms with Gasteiger partial charge >= 0.3 is 0 Å². The zero-order valence-corrected chi connectivity index (χ0v) is 11.1. The van der Waals surface area contributed by atoms with Crippen molar-refractivity contribution in [3.05, 3.63) is 29.3 Å². The van der Waals surface area contributed by atoms with Gasteiger partial charge in [0, 0.05) is 11.1 Å². The fourth-order valence-electron chi connectivity index (χ4n) is 2.83. The lowest BCUT2D eigenvalue weighted by Gasteiger charge is -2.29. The maximum Gasteiger partial charge on any atom is 0.124 e. The van der Waals surface area contributed by atoms with E-state index in [1.165, 1.54) is 0 Å². The van der Waals surface area contributed by atoms with Gasteiger partial charge in [0.25, 0.3) is 0 Å². The maximum absolute atomic E-state index is 10.5. The Morgan fingerprint density at radius 1 is 1.18 bits per heavy atom. The molecule has 0 saturated heterocycles. The van der Waals surface area contributed by atoms with Gasteiger partial charge in [0.05, 0.1) is 0 Å². The molecule has 0 spiro atoms. The summed E-state index contributed by atoms with van der Waals surface area (Å²) in [7, 11) is 0. The normalized spacial score (nSPS) is 19.5. The van der Waals surface area contributed by atoms with Gasteiger partial charge in [-0.2, -0.15) is 0 Å². The molecule has 1 aromatic carbocycles. The molecule has 0 heterocycles. The van der Waals surface area contributed by atoms with Crippen LogP contribution in [0.15, 0.2) is 18.2 Å². The van der Waals surface area contributed by atoms with Gasteiger partial charge in [-0.1, -0.05) is 51.8 Å². The molecule has 0 bridgehead atoms. The number of hydrogen-bond acceptors (Lipinski definition) is 2. The van der Waals surface area contributed by atoms with Crippen LogP contribution in [0.4, 0.5) is 0 Å². The predicted octanol–water partition coefficient (Wildman–Crippen LogP) is 3.42. The molecule has 1 fully saturated rings. The first-order valence-electron chi connectivity index (χ1n) is 6.46. The van der Waals surface area contributed by atoms with Crippen LogP contribution in [0.1, 0.15) is 57.6 Å². The first kappa shape index (κ1) is 12.4. The summed E-state index contributed by atoms with van der Waals surface area (Å²) < 4.78 is 0. The Morgan fingerprint density at radius 3 is 2.29 bits per heavy atom. The van der Waals surface area contributed by atoms with Crippen LogP contribution in [-0.4, -0.2) is 5.11 Å². The largest absolute Gasteiger partial charge is 0.507 e. The number of aromatic hydroxyl groups is 1. The van der Waals surface area contributed by atoms with Gasteiger partial charge in [-0.25, -0.2) is 0 Å². The van der Waals surface area contributed by atoms with E-state index >= 15 is 0 Å². The van der Waals surface area contributed by atoms with Crippen LogP contribution in [-0.2, 0) is 11.0 Å². The van der Waals surface area contributed by atoms with Gasteiger partial charge in [0.2, 0.25) is 0 Å². The van der Waals surface area contributed by atoms with Crippen molar-refractivity contribution >= 4 is 0 Å². The summed E-state index contributed by atoms with van der Waals surface area (Å²) in [4.78, 5) is 0. The Labute approximate surface area is 104 Å². The number of rotatable bonds is 1. The van der Waals surface area contributed by atoms with Crippen LogP contribution in [0.3, 0.4) is 0 Å². The van der Waals surface area contributed by atoms with Crippen LogP contribution in [0.5, 0.6) is 5.75 Å². The second-order valence-corrected chi connectivity index (χ2v) is 6.31. The van der Waals surface area contributed by atoms with Crippen molar-refractivity contribution in [2.45, 2.75) is 57.4 Å². The average Bonchev–Trinajstić information content (AvgIpc) is 2.64. The monoisotopic (exact) mass is 233 g/mol. The lowest BCUT2D eigenvalue weighted by molar-refractivity contribution is 0.395. The van der Waals surface area contributed by atoms with E-state index < -0.39 is 0 Å². The Hall–Kier alpha value is -1.02. The van der Waals surface area contributed by atoms with E-state index in [2.05, 4.69) is 20.8 Å². The van der Waals surface area contributed by atoms with E-state index in [1.54, 1.807) is 0 Å². The highest BCUT2D eigenvalue weighted by molar-refractivity contribution is 5.47. The van der Waals surface area contributed by atoms with Crippen molar-refractivity contribution in [2.75, 3.05) is 0 Å². The number of hydrogen-bond donors (Lipinski definition) is 2. The molecule has 1 aromatic rings. The zero-order chi connectivity index (χ0) is 12.7. The van der Waals surface area contributed by atoms with E-state index in [1.807, 2.05) is 18.2 Å². The lowest BCUT2D eigenvalue weighted by atomic mass is 9.81. The van der Waals surface area contributed by atoms with Gasteiger partial charge in [-0.05, 0) is 23.8 Å². The maximum atomic E-state index is 10.5. The molecule has 1 saturated carbocycles. The average molecular weight is 233 g/mol. The number of nitrogens with two attached hydrogens (primary N) is 1. The molecule has 0 unspecified atom stereocenters. The summed E-state index contributed by atoms with van der Waals surface area (Å²) in [6, 6.07) is 6.00. The predicted molar refractivity (Wildman–Crippen MR) is 71.1 cm³/mol. The second-order valence-electron chi connectivity index (χ2n) is 6.31. The molecule has 1 aliphatic carbocycles. The van der Waals surface area contributed by atoms with Crippen molar-refractivity contribution < 1.29 is 5.11 Å². The molecular weight excluding hydrogens is 210 g/mol. The highest BCUT2D eigenvalue weighted by atomic mass is 16.3. The van der Waals surface area contributed by atoms with Gasteiger partial charge < -0.3 is 10.8 Å². The molecule has 0 radical (unpaired) electrons. The molecule has 2 rings (SSSR count). The summed E-state index contributed by atoms with van der Waals surface area (Å²) in [5, 5.41) is 10.5. The zero-order valence-electron chi connectivity index (χ0n) is 11.1. The quantitative estimate of drug-likeness (QED) is 0.780. The third-order valence-electron chi connectivity index (χ3n) is 3.88. The highest BCUT2D eigenvalue weighted by Crippen LogP contribution is 2.43. The first-order valence-corrected chi connectivity index (χ1v) is 6.46. The Kier molecular flexibility index (Phi) is 2.94. The van der Waals surface area contributed by atoms with Crippen LogP contribution in [0.2, 0.25) is 0 Å². The molecule has 0 aliphatic heterocycles. The molecule has 2 heteroatoms. The molecule has 17 heavy (non-hydrogen) atoms. The van der Waals surface area contributed by atoms with E-state index in [4.69, 9.17) is 5.73 Å². The van der Waals surface area contributed by atoms with Crippen molar-refractivity contribution in [1.82, 2.24) is 0 Å². The van der Waals surface area contributed by atoms with Gasteiger partial charge in [0.1, 0.15) is 5.75 Å². The molecule has 0 aromatic heterocycles. The molecule has 0 amide bonds. The molecule has 2 nitrogen and oxygen atoms in total. The second kappa shape index (κ2) is 4.02. The summed E-state index contributed by atoms with van der Waals surface area (Å²) in [6.45, 7) is 6.34. The lowest BCUT2D eigenvalue weighted by Crippen LogP contribution is -2.33. The summed E-state index contributed by atoms with van der Waals surface area (Å²) >= 11 is 0. The van der Waals surface area contributed by atoms with Gasteiger partial charge in [-0.15, -0.1) is 0 Å². The van der Waals surface area contributed by atoms with Gasteiger partial charge in [0.15, 0.2) is 0 Å². The van der Waals surface area contributed by atoms with Crippen LogP contribution >= 0.6 is 0 Å². The Balaban J connectivity index is 2.49. The van der Waals surface area contributed by atoms with E-state index in [9.17, 15) is 5.11 Å². The minimum atomic E-state index is -0.314. The minimum absolute atomic E-state index is 0.0466. The third-order valence-corrected chi connectivity index (χ3v) is 3.88. The fraction of sp³-hybridized carbons (Fsp3) is 0.600. The molecular formula is C15H23NO. The standard InChI is InChI=1S/C15H23NO/c1-14(2,3)11-7-6-8-12(13(11)17)15(16)9-4-5-10-15/h6-8,17H,4-5,9-10,16H2,1-3H3. The molecule has 0 atom stereocenters. The molecule has 3 N–H and O–H groups in total. The Morgan fingerprint density at radius 2 is 1.76 bits per heavy atom. The molecule has 94 valence electrons. The summed E-state index contributed by atoms with van der Waals surface area (Å²) in [5.41, 5.74) is 8.00. The Bertz CT molecular complexity index is 411. The highest BCUT2D eigenvalue weighted by Gasteiger charge is 2.35. The van der Waals surface area contributed by atoms with Crippen molar-refractivity contribution in [2.24, 2.45) is 5.73 Å². The number of para-hydroxylation sites is 1. The van der Waals surface area contributed by atoms with E-state index in [0.29, 0.717) is 5.75 Å². The molecule has 1 aliphatic rings. The SMILES string of the molecule is CC(C)(C)c1cccc(C2(N)CCCC2)c1O. The summed E-state index contributed by atoms with van der Waals surface area (Å²) in [6.07, 6.45) is 4.29. The van der Waals surface area contributed by atoms with Crippen molar-refractivity contribution in [1.29, 1.82) is 0 Å². The van der Waals surface area contributed by atoms with Crippen molar-refractivity contribution in [3.8, 4) is 5.75 Å². The van der Waals surface area contributed by atoms with Crippen LogP contribution in [0.25, 0.3) is 0 Å². The number of phenolic OH excluding ortho intramolecular Hbond substituents is 1. The van der Waals surface area contributed by atoms with Crippen LogP contribution in [0, 0.1) is 0 Å². The van der Waals surface area contributed by atoms with Crippen molar-refractivity contribution in [3.63, 3.8) is 0 Å². The third kappa shape index (κ3) is 2.19. The summed E-state index contributed by atoms with van der Waals surface area (Å²) in [5.74, 6) is 0.407. The van der Waals surface area contributed by atoms with E-state index in [-0.39, 0.29) is 11.0 Å². The number of benzene rings is 1. The van der Waals surface area contributed by atoms with Crippen LogP contribution < -0.4 is 5.73 Å². The topological polar surface area (TPSA) is 46.2 Å². The fourth-order valence-corrected chi connectivity index (χ4v) is 2.83. The first-order chi connectivity index (χ1) is 7.84. The minimum Gasteiger partial charge on any atom is -0.507 e. The van der Waals surface area contributed by atoms with Gasteiger partial charge in [-0.3, -0.25) is 0 Å².